The highest BCUT2D eigenvalue weighted by Gasteiger charge is 2.85. The van der Waals surface area contributed by atoms with Crippen molar-refractivity contribution in [3.8, 4) is 5.75 Å². The maximum Gasteiger partial charge on any atom is 0.476 e. The van der Waals surface area contributed by atoms with Gasteiger partial charge in [0.25, 0.3) is 0 Å². The van der Waals surface area contributed by atoms with Gasteiger partial charge >= 0.3 is 59.7 Å². The molecule has 1 aromatic carbocycles. The summed E-state index contributed by atoms with van der Waals surface area (Å²) in [5.74, 6) is -22.3. The van der Waals surface area contributed by atoms with Gasteiger partial charge in [-0.2, -0.15) is 70.2 Å². The first-order valence-electron chi connectivity index (χ1n) is 8.78. The highest BCUT2D eigenvalue weighted by Crippen LogP contribution is 2.57. The van der Waals surface area contributed by atoms with E-state index in [9.17, 15) is 79.8 Å². The van der Waals surface area contributed by atoms with Crippen molar-refractivity contribution in [2.45, 2.75) is 47.8 Å². The van der Waals surface area contributed by atoms with Crippen molar-refractivity contribution >= 4 is 23.5 Å². The number of ether oxygens (including phenoxy) is 3. The first kappa shape index (κ1) is 35.1. The smallest absolute Gasteiger partial charge is 0.476 e. The van der Waals surface area contributed by atoms with Crippen LogP contribution >= 0.6 is 11.6 Å². The fraction of sp³-hybridized carbons (Fsp3) is 0.500. The van der Waals surface area contributed by atoms with E-state index < -0.39 is 76.6 Å². The van der Waals surface area contributed by atoms with Gasteiger partial charge in [-0.3, -0.25) is 9.47 Å². The third kappa shape index (κ3) is 6.34. The Morgan fingerprint density at radius 3 is 1.50 bits per heavy atom. The van der Waals surface area contributed by atoms with Gasteiger partial charge in [0.15, 0.2) is 0 Å². The van der Waals surface area contributed by atoms with Crippen LogP contribution in [-0.2, 0) is 9.47 Å². The van der Waals surface area contributed by atoms with Crippen molar-refractivity contribution in [3.05, 3.63) is 29.3 Å². The summed E-state index contributed by atoms with van der Waals surface area (Å²) in [6, 6.07) is 0.330. The lowest BCUT2D eigenvalue weighted by atomic mass is 10.1. The molecule has 1 aromatic rings. The molecule has 230 valence electrons. The number of carboxylic acid groups (broad SMARTS) is 2. The van der Waals surface area contributed by atoms with E-state index in [1.165, 1.54) is 4.74 Å². The van der Waals surface area contributed by atoms with Gasteiger partial charge in [-0.1, -0.05) is 0 Å². The summed E-state index contributed by atoms with van der Waals surface area (Å²) in [4.78, 5) is 21.9. The van der Waals surface area contributed by atoms with E-state index in [2.05, 4.69) is 16.3 Å². The SMILES string of the molecule is O=C(O)c1ccc(C(=O)O)c(OC(F)(F)C(F)(Cl)OC(F)(F)C(F)(OC(F)(F)C(F)(F)C(F)(F)F)C(F)(F)F)c1. The van der Waals surface area contributed by atoms with Crippen LogP contribution < -0.4 is 4.74 Å². The van der Waals surface area contributed by atoms with Crippen LogP contribution in [0.2, 0.25) is 0 Å². The van der Waals surface area contributed by atoms with Gasteiger partial charge in [-0.05, 0) is 29.8 Å². The Kier molecular flexibility index (Phi) is 8.90. The molecule has 24 heteroatoms. The molecule has 0 spiro atoms. The van der Waals surface area contributed by atoms with E-state index >= 15 is 0 Å². The molecule has 0 aliphatic heterocycles. The Balaban J connectivity index is 3.60. The molecule has 0 saturated heterocycles. The molecule has 0 aromatic heterocycles. The van der Waals surface area contributed by atoms with Gasteiger partial charge in [0, 0.05) is 0 Å². The number of benzene rings is 1. The van der Waals surface area contributed by atoms with Crippen molar-refractivity contribution in [1.29, 1.82) is 0 Å². The van der Waals surface area contributed by atoms with Crippen LogP contribution in [0.3, 0.4) is 0 Å². The third-order valence-electron chi connectivity index (χ3n) is 4.02. The molecule has 0 aliphatic rings. The van der Waals surface area contributed by atoms with Crippen molar-refractivity contribution in [1.82, 2.24) is 0 Å². The van der Waals surface area contributed by atoms with Crippen LogP contribution in [-0.4, -0.2) is 69.9 Å². The first-order valence-corrected chi connectivity index (χ1v) is 9.16. The summed E-state index contributed by atoms with van der Waals surface area (Å²) < 4.78 is 218. The summed E-state index contributed by atoms with van der Waals surface area (Å²) in [5, 5.41) is 11.1. The van der Waals surface area contributed by atoms with Gasteiger partial charge in [-0.15, -0.1) is 0 Å². The van der Waals surface area contributed by atoms with E-state index in [-0.39, 0.29) is 12.1 Å². The number of hydrogen-bond donors (Lipinski definition) is 2. The van der Waals surface area contributed by atoms with E-state index in [0.717, 1.165) is 0 Å². The molecule has 0 saturated carbocycles. The number of carboxylic acids is 2. The van der Waals surface area contributed by atoms with Gasteiger partial charge < -0.3 is 14.9 Å². The van der Waals surface area contributed by atoms with Crippen molar-refractivity contribution in [3.63, 3.8) is 0 Å². The zero-order valence-electron chi connectivity index (χ0n) is 17.6. The van der Waals surface area contributed by atoms with Gasteiger partial charge in [0.05, 0.1) is 5.56 Å². The lowest BCUT2D eigenvalue weighted by Gasteiger charge is -2.40. The largest absolute Gasteiger partial charge is 0.478 e. The Morgan fingerprint density at radius 1 is 0.650 bits per heavy atom. The molecule has 0 aliphatic carbocycles. The highest BCUT2D eigenvalue weighted by atomic mass is 35.5. The molecule has 7 nitrogen and oxygen atoms in total. The number of alkyl halides is 17. The lowest BCUT2D eigenvalue weighted by Crippen LogP contribution is -2.67. The third-order valence-corrected chi connectivity index (χ3v) is 4.32. The molecule has 0 fully saturated rings. The average molecular weight is 649 g/mol. The van der Waals surface area contributed by atoms with Crippen LogP contribution in [0.5, 0.6) is 5.75 Å². The monoisotopic (exact) mass is 648 g/mol. The molecular formula is C16H5ClF16O7. The van der Waals surface area contributed by atoms with Gasteiger partial charge in [0.1, 0.15) is 11.3 Å². The fourth-order valence-corrected chi connectivity index (χ4v) is 2.22. The molecule has 2 unspecified atom stereocenters. The zero-order chi connectivity index (χ0) is 32.1. The number of carbonyl (C=O) groups is 2. The van der Waals surface area contributed by atoms with E-state index in [4.69, 9.17) is 10.2 Å². The quantitative estimate of drug-likeness (QED) is 0.207. The Morgan fingerprint density at radius 2 is 1.12 bits per heavy atom. The summed E-state index contributed by atoms with van der Waals surface area (Å²) in [6.45, 7) is 0. The summed E-state index contributed by atoms with van der Waals surface area (Å²) in [6.07, 6.45) is -37.8. The molecule has 0 radical (unpaired) electrons. The second-order valence-corrected chi connectivity index (χ2v) is 7.35. The number of aromatic carboxylic acids is 2. The molecule has 2 N–H and O–H groups in total. The normalized spacial score (nSPS) is 17.1. The second-order valence-electron chi connectivity index (χ2n) is 6.86. The van der Waals surface area contributed by atoms with E-state index in [1.54, 1.807) is 0 Å². The number of rotatable bonds is 11. The average Bonchev–Trinajstić information content (AvgIpc) is 2.69. The predicted molar refractivity (Wildman–Crippen MR) is 88.6 cm³/mol. The Labute approximate surface area is 211 Å². The van der Waals surface area contributed by atoms with Crippen LogP contribution in [0.15, 0.2) is 18.2 Å². The fourth-order valence-electron chi connectivity index (χ4n) is 2.09. The van der Waals surface area contributed by atoms with Crippen molar-refractivity contribution in [2.24, 2.45) is 0 Å². The summed E-state index contributed by atoms with van der Waals surface area (Å²) in [5.41, 5.74) is -2.72. The van der Waals surface area contributed by atoms with Crippen LogP contribution in [0, 0.1) is 0 Å². The van der Waals surface area contributed by atoms with E-state index in [0.29, 0.717) is 6.07 Å². The van der Waals surface area contributed by atoms with Gasteiger partial charge in [-0.25, -0.2) is 9.59 Å². The molecule has 40 heavy (non-hydrogen) atoms. The minimum Gasteiger partial charge on any atom is -0.478 e. The predicted octanol–water partition coefficient (Wildman–Crippen LogP) is 6.56. The zero-order valence-corrected chi connectivity index (χ0v) is 18.3. The first-order chi connectivity index (χ1) is 17.4. The second kappa shape index (κ2) is 10.2. The molecule has 1 rings (SSSR count). The summed E-state index contributed by atoms with van der Waals surface area (Å²) in [7, 11) is 0. The van der Waals surface area contributed by atoms with Crippen LogP contribution in [0.25, 0.3) is 0 Å². The Hall–Kier alpha value is -2.95. The topological polar surface area (TPSA) is 102 Å². The highest BCUT2D eigenvalue weighted by molar-refractivity contribution is 6.22. The summed E-state index contributed by atoms with van der Waals surface area (Å²) >= 11 is 4.17. The maximum absolute atomic E-state index is 14.2. The molecule has 0 amide bonds. The molecular weight excluding hydrogens is 644 g/mol. The Bertz CT molecular complexity index is 1130. The van der Waals surface area contributed by atoms with Crippen molar-refractivity contribution < 1.29 is 104 Å². The van der Waals surface area contributed by atoms with Crippen LogP contribution in [0.1, 0.15) is 20.7 Å². The standard InChI is InChI=1S/C16H5ClF16O7/c17-11(21,16(32,33)38-6-3-4(7(34)35)1-2-5(6)8(36)37)40-15(30,31)10(20,13(25,26)27)39-14(28,29)9(18,19)12(22,23)24/h1-3H,(H,34,35)(H,36,37). The molecule has 2 atom stereocenters. The number of halogens is 17. The number of hydrogen-bond acceptors (Lipinski definition) is 5. The van der Waals surface area contributed by atoms with Gasteiger partial charge in [0.2, 0.25) is 0 Å². The van der Waals surface area contributed by atoms with Crippen molar-refractivity contribution in [2.75, 3.05) is 0 Å². The van der Waals surface area contributed by atoms with E-state index in [1.807, 2.05) is 4.74 Å². The minimum absolute atomic E-state index is 0.147. The molecule has 0 heterocycles. The maximum atomic E-state index is 14.2. The minimum atomic E-state index is -8.02. The van der Waals surface area contributed by atoms with Crippen LogP contribution in [0.4, 0.5) is 70.2 Å². The lowest BCUT2D eigenvalue weighted by molar-refractivity contribution is -0.547. The molecule has 0 bridgehead atoms.